The van der Waals surface area contributed by atoms with Crippen LogP contribution in [0.2, 0.25) is 0 Å². The molecular formula is C22H19N3O3. The fourth-order valence-electron chi connectivity index (χ4n) is 3.81. The third kappa shape index (κ3) is 2.65. The Morgan fingerprint density at radius 2 is 1.93 bits per heavy atom. The maximum Gasteiger partial charge on any atom is 0.213 e. The van der Waals surface area contributed by atoms with Crippen LogP contribution in [0.4, 0.5) is 0 Å². The number of benzene rings is 2. The number of phenolic OH excluding ortho intramolecular Hbond substituents is 1. The zero-order valence-corrected chi connectivity index (χ0v) is 15.3. The summed E-state index contributed by atoms with van der Waals surface area (Å²) >= 11 is 0. The highest BCUT2D eigenvalue weighted by molar-refractivity contribution is 6.02. The molecule has 28 heavy (non-hydrogen) atoms. The first-order chi connectivity index (χ1) is 13.7. The van der Waals surface area contributed by atoms with Crippen LogP contribution in [0.5, 0.6) is 17.2 Å². The molecule has 0 amide bonds. The monoisotopic (exact) mass is 373 g/mol. The summed E-state index contributed by atoms with van der Waals surface area (Å²) in [5.41, 5.74) is 3.98. The molecule has 2 aliphatic rings. The third-order valence-electron chi connectivity index (χ3n) is 5.20. The van der Waals surface area contributed by atoms with Crippen LogP contribution in [0.25, 0.3) is 0 Å². The summed E-state index contributed by atoms with van der Waals surface area (Å²) in [5.74, 6) is 1.43. The molecule has 5 rings (SSSR count). The van der Waals surface area contributed by atoms with Crippen molar-refractivity contribution in [1.29, 1.82) is 0 Å². The van der Waals surface area contributed by atoms with Crippen LogP contribution >= 0.6 is 0 Å². The zero-order valence-electron chi connectivity index (χ0n) is 15.3. The van der Waals surface area contributed by atoms with Crippen molar-refractivity contribution in [3.63, 3.8) is 0 Å². The highest BCUT2D eigenvalue weighted by Crippen LogP contribution is 2.47. The van der Waals surface area contributed by atoms with Gasteiger partial charge >= 0.3 is 0 Å². The van der Waals surface area contributed by atoms with Crippen LogP contribution in [0, 0.1) is 0 Å². The van der Waals surface area contributed by atoms with Gasteiger partial charge in [0.2, 0.25) is 6.23 Å². The largest absolute Gasteiger partial charge is 0.504 e. The number of aromatic hydroxyl groups is 1. The average Bonchev–Trinajstić information content (AvgIpc) is 3.20. The van der Waals surface area contributed by atoms with E-state index in [9.17, 15) is 5.11 Å². The van der Waals surface area contributed by atoms with E-state index in [-0.39, 0.29) is 18.0 Å². The Morgan fingerprint density at radius 1 is 1.11 bits per heavy atom. The maximum atomic E-state index is 9.90. The van der Waals surface area contributed by atoms with E-state index in [2.05, 4.69) is 11.1 Å². The lowest BCUT2D eigenvalue weighted by molar-refractivity contribution is -0.0190. The number of methoxy groups -OCH3 is 1. The van der Waals surface area contributed by atoms with Crippen LogP contribution in [0.3, 0.4) is 0 Å². The second-order valence-electron chi connectivity index (χ2n) is 6.82. The van der Waals surface area contributed by atoms with Gasteiger partial charge in [-0.25, -0.2) is 5.01 Å². The van der Waals surface area contributed by atoms with E-state index in [1.807, 2.05) is 47.5 Å². The first-order valence-corrected chi connectivity index (χ1v) is 9.13. The van der Waals surface area contributed by atoms with Gasteiger partial charge in [-0.1, -0.05) is 18.2 Å². The Labute approximate surface area is 162 Å². The van der Waals surface area contributed by atoms with Gasteiger partial charge in [-0.15, -0.1) is 0 Å². The van der Waals surface area contributed by atoms with Gasteiger partial charge in [-0.3, -0.25) is 4.98 Å². The molecule has 0 saturated heterocycles. The molecule has 6 heteroatoms. The molecule has 0 aliphatic carbocycles. The molecule has 0 radical (unpaired) electrons. The smallest absolute Gasteiger partial charge is 0.213 e. The van der Waals surface area contributed by atoms with Gasteiger partial charge < -0.3 is 14.6 Å². The molecule has 3 heterocycles. The number of phenols is 1. The standard InChI is InChI=1S/C22H19N3O3/c1-27-21-12-15(6-7-19(21)26)17-13-18-16-4-2-3-5-20(16)28-22(25(18)24-17)14-8-10-23-11-9-14/h2-12,18,22,26H,13H2,1H3. The van der Waals surface area contributed by atoms with Crippen LogP contribution in [-0.2, 0) is 0 Å². The second-order valence-corrected chi connectivity index (χ2v) is 6.82. The Bertz CT molecular complexity index is 1050. The summed E-state index contributed by atoms with van der Waals surface area (Å²) in [5, 5.41) is 16.8. The van der Waals surface area contributed by atoms with Gasteiger partial charge in [0.15, 0.2) is 11.5 Å². The summed E-state index contributed by atoms with van der Waals surface area (Å²) in [6.07, 6.45) is 3.95. The number of hydrogen-bond acceptors (Lipinski definition) is 6. The predicted octanol–water partition coefficient (Wildman–Crippen LogP) is 4.04. The second kappa shape index (κ2) is 6.56. The predicted molar refractivity (Wildman–Crippen MR) is 104 cm³/mol. The van der Waals surface area contributed by atoms with Crippen molar-refractivity contribution < 1.29 is 14.6 Å². The molecule has 0 fully saturated rings. The number of rotatable bonds is 3. The van der Waals surface area contributed by atoms with Crippen LogP contribution in [0.1, 0.15) is 35.4 Å². The number of hydrazone groups is 1. The minimum Gasteiger partial charge on any atom is -0.504 e. The van der Waals surface area contributed by atoms with Crippen molar-refractivity contribution in [2.45, 2.75) is 18.7 Å². The van der Waals surface area contributed by atoms with E-state index < -0.39 is 0 Å². The Morgan fingerprint density at radius 3 is 2.75 bits per heavy atom. The minimum absolute atomic E-state index is 0.0814. The summed E-state index contributed by atoms with van der Waals surface area (Å²) < 4.78 is 11.6. The highest BCUT2D eigenvalue weighted by atomic mass is 16.5. The summed E-state index contributed by atoms with van der Waals surface area (Å²) in [6, 6.07) is 17.4. The van der Waals surface area contributed by atoms with Crippen LogP contribution < -0.4 is 9.47 Å². The molecule has 2 atom stereocenters. The number of hydrogen-bond donors (Lipinski definition) is 1. The fourth-order valence-corrected chi connectivity index (χ4v) is 3.81. The third-order valence-corrected chi connectivity index (χ3v) is 5.20. The number of nitrogens with zero attached hydrogens (tertiary/aromatic N) is 3. The van der Waals surface area contributed by atoms with Gasteiger partial charge in [-0.2, -0.15) is 5.10 Å². The van der Waals surface area contributed by atoms with Crippen molar-refractivity contribution in [3.8, 4) is 17.2 Å². The number of aromatic nitrogens is 1. The lowest BCUT2D eigenvalue weighted by atomic mass is 9.96. The maximum absolute atomic E-state index is 9.90. The molecule has 2 aliphatic heterocycles. The number of para-hydroxylation sites is 1. The zero-order chi connectivity index (χ0) is 19.1. The lowest BCUT2D eigenvalue weighted by Gasteiger charge is -2.38. The van der Waals surface area contributed by atoms with E-state index in [1.165, 1.54) is 0 Å². The number of pyridine rings is 1. The van der Waals surface area contributed by atoms with Gasteiger partial charge in [0, 0.05) is 35.5 Å². The van der Waals surface area contributed by atoms with E-state index in [4.69, 9.17) is 14.6 Å². The molecule has 1 N–H and O–H groups in total. The number of fused-ring (bicyclic) bond motifs is 3. The van der Waals surface area contributed by atoms with Gasteiger partial charge in [0.25, 0.3) is 0 Å². The topological polar surface area (TPSA) is 67.2 Å². The minimum atomic E-state index is -0.320. The molecule has 0 saturated carbocycles. The van der Waals surface area contributed by atoms with Crippen molar-refractivity contribution >= 4 is 5.71 Å². The van der Waals surface area contributed by atoms with E-state index in [0.717, 1.165) is 34.6 Å². The molecule has 140 valence electrons. The average molecular weight is 373 g/mol. The Kier molecular flexibility index (Phi) is 3.90. The Balaban J connectivity index is 1.58. The molecule has 2 aromatic carbocycles. The molecule has 3 aromatic rings. The molecule has 2 unspecified atom stereocenters. The first-order valence-electron chi connectivity index (χ1n) is 9.13. The normalized spacial score (nSPS) is 20.0. The van der Waals surface area contributed by atoms with Gasteiger partial charge in [0.1, 0.15) is 5.75 Å². The van der Waals surface area contributed by atoms with Crippen molar-refractivity contribution in [2.75, 3.05) is 7.11 Å². The van der Waals surface area contributed by atoms with Gasteiger partial charge in [0.05, 0.1) is 18.9 Å². The molecule has 0 spiro atoms. The fraction of sp³-hybridized carbons (Fsp3) is 0.182. The molecule has 0 bridgehead atoms. The molecule has 1 aromatic heterocycles. The quantitative estimate of drug-likeness (QED) is 0.751. The summed E-state index contributed by atoms with van der Waals surface area (Å²) in [4.78, 5) is 4.11. The first kappa shape index (κ1) is 16.6. The van der Waals surface area contributed by atoms with E-state index >= 15 is 0 Å². The lowest BCUT2D eigenvalue weighted by Crippen LogP contribution is -2.33. The van der Waals surface area contributed by atoms with Crippen molar-refractivity contribution in [2.24, 2.45) is 5.10 Å². The number of ether oxygens (including phenoxy) is 2. The Hall–Kier alpha value is -3.54. The molecule has 6 nitrogen and oxygen atoms in total. The van der Waals surface area contributed by atoms with Crippen molar-refractivity contribution in [3.05, 3.63) is 83.7 Å². The highest BCUT2D eigenvalue weighted by Gasteiger charge is 2.40. The SMILES string of the molecule is COc1cc(C2=NN3C(C2)c2ccccc2OC3c2ccncc2)ccc1O. The van der Waals surface area contributed by atoms with Crippen LogP contribution in [-0.4, -0.2) is 27.9 Å². The summed E-state index contributed by atoms with van der Waals surface area (Å²) in [7, 11) is 1.54. The van der Waals surface area contributed by atoms with Crippen LogP contribution in [0.15, 0.2) is 72.1 Å². The van der Waals surface area contributed by atoms with Gasteiger partial charge in [-0.05, 0) is 36.4 Å². The van der Waals surface area contributed by atoms with E-state index in [1.54, 1.807) is 25.6 Å². The van der Waals surface area contributed by atoms with Crippen molar-refractivity contribution in [1.82, 2.24) is 9.99 Å². The molecular weight excluding hydrogens is 354 g/mol. The van der Waals surface area contributed by atoms with E-state index in [0.29, 0.717) is 5.75 Å². The summed E-state index contributed by atoms with van der Waals surface area (Å²) in [6.45, 7) is 0.